The van der Waals surface area contributed by atoms with Gasteiger partial charge in [0.1, 0.15) is 11.4 Å². The molecule has 0 radical (unpaired) electrons. The SMILES string of the molecule is COc1ccccc1C(=O)Nc1nc(C(=O)NC(=N)Nc2nc3ccccc3[nH]2)cs1. The van der Waals surface area contributed by atoms with E-state index in [0.29, 0.717) is 17.3 Å². The van der Waals surface area contributed by atoms with Gasteiger partial charge in [0.25, 0.3) is 11.8 Å². The molecule has 0 unspecified atom stereocenters. The van der Waals surface area contributed by atoms with Crippen LogP contribution >= 0.6 is 11.3 Å². The number of imidazole rings is 1. The molecule has 5 N–H and O–H groups in total. The summed E-state index contributed by atoms with van der Waals surface area (Å²) in [7, 11) is 1.48. The highest BCUT2D eigenvalue weighted by Gasteiger charge is 2.17. The van der Waals surface area contributed by atoms with Crippen molar-refractivity contribution in [3.05, 3.63) is 65.2 Å². The van der Waals surface area contributed by atoms with E-state index >= 15 is 0 Å². The van der Waals surface area contributed by atoms with Crippen molar-refractivity contribution in [3.63, 3.8) is 0 Å². The Morgan fingerprint density at radius 1 is 1.03 bits per heavy atom. The molecule has 0 bridgehead atoms. The summed E-state index contributed by atoms with van der Waals surface area (Å²) in [6.07, 6.45) is 0. The predicted octanol–water partition coefficient (Wildman–Crippen LogP) is 3.06. The van der Waals surface area contributed by atoms with Crippen LogP contribution < -0.4 is 20.7 Å². The van der Waals surface area contributed by atoms with Gasteiger partial charge in [-0.1, -0.05) is 24.3 Å². The molecule has 0 fully saturated rings. The Balaban J connectivity index is 1.37. The molecule has 0 spiro atoms. The summed E-state index contributed by atoms with van der Waals surface area (Å²) >= 11 is 1.09. The first kappa shape index (κ1) is 20.0. The van der Waals surface area contributed by atoms with Gasteiger partial charge in [0, 0.05) is 5.38 Å². The van der Waals surface area contributed by atoms with Gasteiger partial charge in [-0.25, -0.2) is 9.97 Å². The van der Waals surface area contributed by atoms with Gasteiger partial charge in [0.15, 0.2) is 5.13 Å². The van der Waals surface area contributed by atoms with Crippen LogP contribution in [0.2, 0.25) is 0 Å². The minimum Gasteiger partial charge on any atom is -0.496 e. The van der Waals surface area contributed by atoms with Crippen LogP contribution in [-0.2, 0) is 0 Å². The topological polar surface area (TPSA) is 145 Å². The zero-order valence-electron chi connectivity index (χ0n) is 16.2. The molecule has 10 nitrogen and oxygen atoms in total. The predicted molar refractivity (Wildman–Crippen MR) is 118 cm³/mol. The summed E-state index contributed by atoms with van der Waals surface area (Å²) in [6, 6.07) is 14.2. The monoisotopic (exact) mass is 435 g/mol. The van der Waals surface area contributed by atoms with E-state index in [-0.39, 0.29) is 16.8 Å². The molecule has 2 aromatic carbocycles. The van der Waals surface area contributed by atoms with Crippen molar-refractivity contribution in [2.24, 2.45) is 0 Å². The average molecular weight is 435 g/mol. The quantitative estimate of drug-likeness (QED) is 0.241. The summed E-state index contributed by atoms with van der Waals surface area (Å²) in [5, 5.41) is 17.4. The van der Waals surface area contributed by atoms with Gasteiger partial charge in [-0.2, -0.15) is 0 Å². The molecule has 2 amide bonds. The number of aromatic amines is 1. The molecule has 0 aliphatic rings. The Bertz CT molecular complexity index is 1250. The summed E-state index contributed by atoms with van der Waals surface area (Å²) < 4.78 is 5.18. The van der Waals surface area contributed by atoms with E-state index in [1.807, 2.05) is 24.3 Å². The molecule has 2 aromatic heterocycles. The third kappa shape index (κ3) is 4.51. The first-order valence-electron chi connectivity index (χ1n) is 9.05. The lowest BCUT2D eigenvalue weighted by Crippen LogP contribution is -2.35. The third-order valence-electron chi connectivity index (χ3n) is 4.18. The van der Waals surface area contributed by atoms with Crippen molar-refractivity contribution in [1.82, 2.24) is 20.3 Å². The second kappa shape index (κ2) is 8.63. The molecule has 0 saturated heterocycles. The van der Waals surface area contributed by atoms with Crippen molar-refractivity contribution in [2.45, 2.75) is 0 Å². The first-order valence-corrected chi connectivity index (χ1v) is 9.93. The highest BCUT2D eigenvalue weighted by molar-refractivity contribution is 7.14. The van der Waals surface area contributed by atoms with Crippen LogP contribution in [0, 0.1) is 5.41 Å². The second-order valence-corrected chi connectivity index (χ2v) is 7.11. The second-order valence-electron chi connectivity index (χ2n) is 6.25. The van der Waals surface area contributed by atoms with Crippen LogP contribution in [-0.4, -0.2) is 39.8 Å². The Kier molecular flexibility index (Phi) is 5.58. The van der Waals surface area contributed by atoms with Gasteiger partial charge >= 0.3 is 0 Å². The number of anilines is 2. The number of aromatic nitrogens is 3. The molecule has 4 rings (SSSR count). The van der Waals surface area contributed by atoms with E-state index in [1.54, 1.807) is 24.3 Å². The minimum atomic E-state index is -0.595. The van der Waals surface area contributed by atoms with Crippen molar-refractivity contribution >= 4 is 51.2 Å². The van der Waals surface area contributed by atoms with Gasteiger partial charge in [-0.15, -0.1) is 11.3 Å². The molecule has 11 heteroatoms. The van der Waals surface area contributed by atoms with Crippen LogP contribution in [0.5, 0.6) is 5.75 Å². The highest BCUT2D eigenvalue weighted by atomic mass is 32.1. The van der Waals surface area contributed by atoms with E-state index in [2.05, 4.69) is 30.9 Å². The number of guanidine groups is 1. The van der Waals surface area contributed by atoms with E-state index < -0.39 is 11.8 Å². The minimum absolute atomic E-state index is 0.0662. The van der Waals surface area contributed by atoms with E-state index in [9.17, 15) is 9.59 Å². The van der Waals surface area contributed by atoms with Crippen molar-refractivity contribution < 1.29 is 14.3 Å². The van der Waals surface area contributed by atoms with Crippen LogP contribution in [0.1, 0.15) is 20.8 Å². The number of hydrogen-bond acceptors (Lipinski definition) is 7. The smallest absolute Gasteiger partial charge is 0.277 e. The number of carbonyl (C=O) groups excluding carboxylic acids is 2. The molecule has 0 aliphatic carbocycles. The number of fused-ring (bicyclic) bond motifs is 1. The lowest BCUT2D eigenvalue weighted by atomic mass is 10.2. The molecule has 31 heavy (non-hydrogen) atoms. The number of nitrogens with one attached hydrogen (secondary N) is 5. The Hall–Kier alpha value is -4.25. The van der Waals surface area contributed by atoms with E-state index in [0.717, 1.165) is 22.4 Å². The number of thiazole rings is 1. The maximum atomic E-state index is 12.4. The van der Waals surface area contributed by atoms with Crippen molar-refractivity contribution in [1.29, 1.82) is 5.41 Å². The van der Waals surface area contributed by atoms with Crippen LogP contribution in [0.4, 0.5) is 11.1 Å². The number of ether oxygens (including phenoxy) is 1. The fourth-order valence-corrected chi connectivity index (χ4v) is 3.46. The molecule has 156 valence electrons. The van der Waals surface area contributed by atoms with Gasteiger partial charge in [0.05, 0.1) is 23.7 Å². The van der Waals surface area contributed by atoms with Gasteiger partial charge in [0.2, 0.25) is 11.9 Å². The van der Waals surface area contributed by atoms with Crippen LogP contribution in [0.25, 0.3) is 11.0 Å². The number of H-pyrrole nitrogens is 1. The van der Waals surface area contributed by atoms with Gasteiger partial charge in [-0.3, -0.25) is 30.9 Å². The fraction of sp³-hybridized carbons (Fsp3) is 0.0500. The zero-order valence-corrected chi connectivity index (χ0v) is 17.0. The number of methoxy groups -OCH3 is 1. The molecule has 2 heterocycles. The average Bonchev–Trinajstić information content (AvgIpc) is 3.39. The number of carbonyl (C=O) groups is 2. The van der Waals surface area contributed by atoms with E-state index in [4.69, 9.17) is 10.1 Å². The molecule has 4 aromatic rings. The van der Waals surface area contributed by atoms with Gasteiger partial charge in [-0.05, 0) is 24.3 Å². The summed E-state index contributed by atoms with van der Waals surface area (Å²) in [5.41, 5.74) is 1.96. The Labute approximate surface area is 180 Å². The number of rotatable bonds is 5. The summed E-state index contributed by atoms with van der Waals surface area (Å²) in [4.78, 5) is 36.2. The fourth-order valence-electron chi connectivity index (χ4n) is 2.77. The molecular weight excluding hydrogens is 418 g/mol. The number of para-hydroxylation sites is 3. The summed E-state index contributed by atoms with van der Waals surface area (Å²) in [6.45, 7) is 0. The molecule has 0 atom stereocenters. The van der Waals surface area contributed by atoms with Crippen LogP contribution in [0.3, 0.4) is 0 Å². The zero-order chi connectivity index (χ0) is 21.8. The number of hydrogen-bond donors (Lipinski definition) is 5. The Morgan fingerprint density at radius 3 is 2.61 bits per heavy atom. The standard InChI is InChI=1S/C20H17N7O3S/c1-30-15-9-5-2-6-11(15)16(28)26-20-24-14(10-31-20)17(29)25-18(21)27-19-22-12-7-3-4-8-13(12)23-19/h2-10H,1H3,(H,24,26,28)(H4,21,22,23,25,27,29). The highest BCUT2D eigenvalue weighted by Crippen LogP contribution is 2.21. The first-order chi connectivity index (χ1) is 15.0. The van der Waals surface area contributed by atoms with E-state index in [1.165, 1.54) is 12.5 Å². The van der Waals surface area contributed by atoms with Gasteiger partial charge < -0.3 is 9.72 Å². The lowest BCUT2D eigenvalue weighted by molar-refractivity contribution is 0.0970. The van der Waals surface area contributed by atoms with Crippen molar-refractivity contribution in [2.75, 3.05) is 17.7 Å². The molecule has 0 saturated carbocycles. The largest absolute Gasteiger partial charge is 0.496 e. The molecule has 0 aliphatic heterocycles. The maximum Gasteiger partial charge on any atom is 0.277 e. The number of amides is 2. The lowest BCUT2D eigenvalue weighted by Gasteiger charge is -2.07. The number of nitrogens with zero attached hydrogens (tertiary/aromatic N) is 2. The molecular formula is C20H17N7O3S. The van der Waals surface area contributed by atoms with Crippen LogP contribution in [0.15, 0.2) is 53.9 Å². The maximum absolute atomic E-state index is 12.4. The Morgan fingerprint density at radius 2 is 1.81 bits per heavy atom. The summed E-state index contributed by atoms with van der Waals surface area (Å²) in [5.74, 6) is -0.508. The number of benzene rings is 2. The third-order valence-corrected chi connectivity index (χ3v) is 4.94. The normalized spacial score (nSPS) is 10.5. The van der Waals surface area contributed by atoms with Crippen molar-refractivity contribution in [3.8, 4) is 5.75 Å².